The highest BCUT2D eigenvalue weighted by Gasteiger charge is 2.36. The van der Waals surface area contributed by atoms with Gasteiger partial charge in [0.2, 0.25) is 5.91 Å². The molecule has 0 saturated carbocycles. The van der Waals surface area contributed by atoms with Gasteiger partial charge in [-0.05, 0) is 99.5 Å². The quantitative estimate of drug-likeness (QED) is 0.0136. The second-order valence-electron chi connectivity index (χ2n) is 16.8. The SMILES string of the molecule is CCN(CC)c1ccc2cc(C(=O)N[C@@H](Cc3ccccc3)C(=O)N[C@@H](Cc3ccccc3)C(=O)[C@H](CCCCN)C(=O)OCCOC(=O)CCCc3ccc(N(CCCl)CCCl)cc3)c(=O)oc2c1. The summed E-state index contributed by atoms with van der Waals surface area (Å²) in [5.74, 6) is -3.76. The Morgan fingerprint density at radius 3 is 1.91 bits per heavy atom. The van der Waals surface area contributed by atoms with Gasteiger partial charge < -0.3 is 40.1 Å². The lowest BCUT2D eigenvalue weighted by Gasteiger charge is -2.26. The zero-order valence-electron chi connectivity index (χ0n) is 40.0. The Bertz CT molecular complexity index is 2500. The largest absolute Gasteiger partial charge is 0.462 e. The van der Waals surface area contributed by atoms with E-state index in [0.29, 0.717) is 79.2 Å². The van der Waals surface area contributed by atoms with E-state index >= 15 is 0 Å². The number of aryl methyl sites for hydroxylation is 1. The fourth-order valence-corrected chi connectivity index (χ4v) is 8.56. The number of ketones is 1. The number of carbonyl (C=O) groups excluding carboxylic acids is 5. The highest BCUT2D eigenvalue weighted by molar-refractivity contribution is 6.18. The van der Waals surface area contributed by atoms with Crippen LogP contribution in [0.25, 0.3) is 11.0 Å². The first kappa shape index (κ1) is 54.7. The molecular weight excluding hydrogens is 934 g/mol. The number of halogens is 2. The standard InChI is InChI=1S/C54H65Cl2N5O9/c1-3-60(4-2)43-26-23-41-36-45(54(67)70-48(41)37-43)51(64)59-47(35-40-16-9-6-10-17-40)52(65)58-46(34-39-14-7-5-8-15-39)50(63)44(19-11-12-29-57)53(66)69-33-32-68-49(62)20-13-18-38-21-24-42(25-22-38)61(30-27-55)31-28-56/h5-10,14-17,21-26,36-37,44,46-47H,3-4,11-13,18-20,27-35,57H2,1-2H3,(H,58,65)(H,59,64)/t44-,46-,47-/m0/s1. The first-order valence-electron chi connectivity index (χ1n) is 24.0. The van der Waals surface area contributed by atoms with E-state index in [1.165, 1.54) is 6.07 Å². The van der Waals surface area contributed by atoms with E-state index in [-0.39, 0.29) is 44.5 Å². The number of anilines is 2. The first-order chi connectivity index (χ1) is 34.0. The average Bonchev–Trinajstić information content (AvgIpc) is 3.36. The summed E-state index contributed by atoms with van der Waals surface area (Å²) in [4.78, 5) is 87.0. The van der Waals surface area contributed by atoms with Crippen LogP contribution in [0, 0.1) is 5.92 Å². The van der Waals surface area contributed by atoms with Crippen molar-refractivity contribution in [3.8, 4) is 0 Å². The van der Waals surface area contributed by atoms with Crippen LogP contribution in [0.15, 0.2) is 118 Å². The van der Waals surface area contributed by atoms with Gasteiger partial charge in [0.15, 0.2) is 5.78 Å². The molecule has 3 atom stereocenters. The summed E-state index contributed by atoms with van der Waals surface area (Å²) in [6.07, 6.45) is 2.42. The van der Waals surface area contributed by atoms with Gasteiger partial charge in [-0.25, -0.2) is 4.79 Å². The lowest BCUT2D eigenvalue weighted by Crippen LogP contribution is -2.54. The molecule has 0 spiro atoms. The Balaban J connectivity index is 1.26. The molecule has 1 heterocycles. The van der Waals surface area contributed by atoms with Crippen LogP contribution in [0.5, 0.6) is 0 Å². The van der Waals surface area contributed by atoms with Gasteiger partial charge in [0.1, 0.15) is 36.3 Å². The van der Waals surface area contributed by atoms with E-state index in [2.05, 4.69) is 20.4 Å². The van der Waals surface area contributed by atoms with Gasteiger partial charge in [0.05, 0.1) is 6.04 Å². The topological polar surface area (TPSA) is 191 Å². The van der Waals surface area contributed by atoms with Gasteiger partial charge in [-0.1, -0.05) is 79.2 Å². The van der Waals surface area contributed by atoms with Crippen LogP contribution in [-0.2, 0) is 47.9 Å². The summed E-state index contributed by atoms with van der Waals surface area (Å²) in [7, 11) is 0. The van der Waals surface area contributed by atoms with E-state index in [1.54, 1.807) is 60.7 Å². The van der Waals surface area contributed by atoms with E-state index in [4.69, 9.17) is 42.8 Å². The molecule has 70 heavy (non-hydrogen) atoms. The predicted octanol–water partition coefficient (Wildman–Crippen LogP) is 7.42. The number of rotatable bonds is 30. The van der Waals surface area contributed by atoms with Gasteiger partial charge >= 0.3 is 17.6 Å². The summed E-state index contributed by atoms with van der Waals surface area (Å²) in [6.45, 7) is 6.74. The molecule has 0 aliphatic rings. The summed E-state index contributed by atoms with van der Waals surface area (Å²) < 4.78 is 16.6. The van der Waals surface area contributed by atoms with Gasteiger partial charge in [-0.3, -0.25) is 24.0 Å². The maximum Gasteiger partial charge on any atom is 0.349 e. The number of esters is 2. The lowest BCUT2D eigenvalue weighted by atomic mass is 9.89. The van der Waals surface area contributed by atoms with Crippen molar-refractivity contribution < 1.29 is 37.9 Å². The van der Waals surface area contributed by atoms with Crippen molar-refractivity contribution >= 4 is 75.1 Å². The molecule has 374 valence electrons. The second-order valence-corrected chi connectivity index (χ2v) is 17.6. The third-order valence-electron chi connectivity index (χ3n) is 12.0. The molecule has 0 radical (unpaired) electrons. The molecular formula is C54H65Cl2N5O9. The fraction of sp³-hybridized carbons (Fsp3) is 0.407. The van der Waals surface area contributed by atoms with Crippen molar-refractivity contribution in [3.63, 3.8) is 0 Å². The van der Waals surface area contributed by atoms with Crippen molar-refractivity contribution in [1.82, 2.24) is 10.6 Å². The lowest BCUT2D eigenvalue weighted by molar-refractivity contribution is -0.158. The Labute approximate surface area is 420 Å². The van der Waals surface area contributed by atoms with E-state index in [1.807, 2.05) is 56.3 Å². The molecule has 5 aromatic rings. The molecule has 0 fully saturated rings. The van der Waals surface area contributed by atoms with Crippen molar-refractivity contribution in [2.75, 3.05) is 67.5 Å². The van der Waals surface area contributed by atoms with Crippen LogP contribution in [0.1, 0.15) is 73.0 Å². The molecule has 0 saturated heterocycles. The molecule has 1 aromatic heterocycles. The third-order valence-corrected chi connectivity index (χ3v) is 12.3. The average molecular weight is 999 g/mol. The minimum Gasteiger partial charge on any atom is -0.462 e. The van der Waals surface area contributed by atoms with Crippen LogP contribution >= 0.6 is 23.2 Å². The number of Topliss-reactive ketones (excluding diaryl/α,β-unsaturated/α-hetero) is 1. The number of hydrogen-bond acceptors (Lipinski definition) is 12. The number of carbonyl (C=O) groups is 5. The molecule has 5 rings (SSSR count). The number of fused-ring (bicyclic) bond motifs is 1. The number of unbranched alkanes of at least 4 members (excludes halogenated alkanes) is 1. The zero-order chi connectivity index (χ0) is 50.3. The zero-order valence-corrected chi connectivity index (χ0v) is 41.6. The molecule has 4 N–H and O–H groups in total. The fourth-order valence-electron chi connectivity index (χ4n) is 8.15. The van der Waals surface area contributed by atoms with E-state index < -0.39 is 53.2 Å². The van der Waals surface area contributed by atoms with Gasteiger partial charge in [-0.15, -0.1) is 23.2 Å². The van der Waals surface area contributed by atoms with Crippen molar-refractivity contribution in [2.45, 2.75) is 77.3 Å². The summed E-state index contributed by atoms with van der Waals surface area (Å²) >= 11 is 11.9. The molecule has 0 aliphatic carbocycles. The van der Waals surface area contributed by atoms with Crippen LogP contribution in [-0.4, -0.2) is 99.3 Å². The minimum absolute atomic E-state index is 0.00824. The Morgan fingerprint density at radius 2 is 1.30 bits per heavy atom. The van der Waals surface area contributed by atoms with Crippen LogP contribution in [0.2, 0.25) is 0 Å². The number of alkyl halides is 2. The normalized spacial score (nSPS) is 12.4. The number of benzene rings is 4. The molecule has 0 bridgehead atoms. The molecule has 14 nitrogen and oxygen atoms in total. The third kappa shape index (κ3) is 16.7. The maximum atomic E-state index is 14.6. The smallest absolute Gasteiger partial charge is 0.349 e. The van der Waals surface area contributed by atoms with Gasteiger partial charge in [0, 0.05) is 73.6 Å². The van der Waals surface area contributed by atoms with Gasteiger partial charge in [0.25, 0.3) is 5.91 Å². The number of nitrogens with one attached hydrogen (secondary N) is 2. The highest BCUT2D eigenvalue weighted by Crippen LogP contribution is 2.23. The van der Waals surface area contributed by atoms with Gasteiger partial charge in [-0.2, -0.15) is 0 Å². The maximum absolute atomic E-state index is 14.6. The molecule has 0 unspecified atom stereocenters. The number of hydrogen-bond donors (Lipinski definition) is 3. The number of nitrogens with zero attached hydrogens (tertiary/aromatic N) is 2. The minimum atomic E-state index is -1.30. The summed E-state index contributed by atoms with van der Waals surface area (Å²) in [6, 6.07) is 30.4. The van der Waals surface area contributed by atoms with Crippen LogP contribution < -0.4 is 31.8 Å². The highest BCUT2D eigenvalue weighted by atomic mass is 35.5. The van der Waals surface area contributed by atoms with Crippen LogP contribution in [0.4, 0.5) is 11.4 Å². The summed E-state index contributed by atoms with van der Waals surface area (Å²) in [5, 5.41) is 6.10. The number of amides is 2. The molecule has 16 heteroatoms. The summed E-state index contributed by atoms with van der Waals surface area (Å²) in [5.41, 5.74) is 9.28. The molecule has 2 amide bonds. The Morgan fingerprint density at radius 1 is 0.686 bits per heavy atom. The van der Waals surface area contributed by atoms with Crippen molar-refractivity contribution in [1.29, 1.82) is 0 Å². The molecule has 4 aromatic carbocycles. The van der Waals surface area contributed by atoms with Crippen LogP contribution in [0.3, 0.4) is 0 Å². The van der Waals surface area contributed by atoms with Crippen molar-refractivity contribution in [2.24, 2.45) is 11.7 Å². The van der Waals surface area contributed by atoms with E-state index in [0.717, 1.165) is 30.0 Å². The monoisotopic (exact) mass is 997 g/mol. The predicted molar refractivity (Wildman–Crippen MR) is 276 cm³/mol. The molecule has 0 aliphatic heterocycles. The Kier molecular flexibility index (Phi) is 22.7. The second kappa shape index (κ2) is 29.1. The number of nitrogens with two attached hydrogens (primary N) is 1. The Hall–Kier alpha value is -6.22. The van der Waals surface area contributed by atoms with Crippen molar-refractivity contribution in [3.05, 3.63) is 142 Å². The first-order valence-corrected chi connectivity index (χ1v) is 25.1. The van der Waals surface area contributed by atoms with E-state index in [9.17, 15) is 28.8 Å². The number of ether oxygens (including phenoxy) is 2.